The van der Waals surface area contributed by atoms with Gasteiger partial charge in [0.2, 0.25) is 5.91 Å². The smallest absolute Gasteiger partial charge is 0.426 e. The number of rotatable bonds is 6. The zero-order valence-corrected chi connectivity index (χ0v) is 13.3. The van der Waals surface area contributed by atoms with E-state index in [-0.39, 0.29) is 12.3 Å². The molecule has 6 nitrogen and oxygen atoms in total. The molecule has 1 aromatic rings. The molecule has 0 aromatic heterocycles. The first kappa shape index (κ1) is 18.0. The molecule has 0 bridgehead atoms. The van der Waals surface area contributed by atoms with E-state index in [0.717, 1.165) is 5.56 Å². The van der Waals surface area contributed by atoms with Crippen molar-refractivity contribution in [3.05, 3.63) is 35.9 Å². The van der Waals surface area contributed by atoms with E-state index in [2.05, 4.69) is 10.9 Å². The summed E-state index contributed by atoms with van der Waals surface area (Å²) in [5.41, 5.74) is 5.00. The molecule has 0 fully saturated rings. The number of hydrazine groups is 1. The van der Waals surface area contributed by atoms with Gasteiger partial charge < -0.3 is 9.47 Å². The van der Waals surface area contributed by atoms with Gasteiger partial charge in [0.25, 0.3) is 0 Å². The van der Waals surface area contributed by atoms with E-state index in [9.17, 15) is 9.59 Å². The van der Waals surface area contributed by atoms with Gasteiger partial charge in [-0.25, -0.2) is 10.2 Å². The highest BCUT2D eigenvalue weighted by atomic mass is 16.6. The first-order chi connectivity index (χ1) is 10.4. The molecule has 122 valence electrons. The van der Waals surface area contributed by atoms with Crippen molar-refractivity contribution in [3.8, 4) is 0 Å². The van der Waals surface area contributed by atoms with Crippen LogP contribution in [0.25, 0.3) is 0 Å². The summed E-state index contributed by atoms with van der Waals surface area (Å²) in [6.45, 7) is 6.25. The summed E-state index contributed by atoms with van der Waals surface area (Å²) in [6, 6.07) is 9.82. The lowest BCUT2D eigenvalue weighted by Gasteiger charge is -2.19. The molecule has 6 heteroatoms. The number of hydrogen-bond acceptors (Lipinski definition) is 4. The minimum absolute atomic E-state index is 0.268. The Morgan fingerprint density at radius 2 is 1.77 bits per heavy atom. The lowest BCUT2D eigenvalue weighted by atomic mass is 10.2. The highest BCUT2D eigenvalue weighted by Gasteiger charge is 2.16. The first-order valence-electron chi connectivity index (χ1n) is 7.26. The van der Waals surface area contributed by atoms with E-state index < -0.39 is 11.7 Å². The maximum absolute atomic E-state index is 11.5. The number of carbonyl (C=O) groups excluding carboxylic acids is 2. The lowest BCUT2D eigenvalue weighted by molar-refractivity contribution is -0.122. The van der Waals surface area contributed by atoms with Crippen molar-refractivity contribution >= 4 is 12.0 Å². The van der Waals surface area contributed by atoms with Crippen molar-refractivity contribution < 1.29 is 19.1 Å². The van der Waals surface area contributed by atoms with Crippen LogP contribution in [0.4, 0.5) is 4.79 Å². The molecule has 1 rings (SSSR count). The predicted molar refractivity (Wildman–Crippen MR) is 82.8 cm³/mol. The van der Waals surface area contributed by atoms with Crippen molar-refractivity contribution in [1.82, 2.24) is 10.9 Å². The molecule has 2 N–H and O–H groups in total. The summed E-state index contributed by atoms with van der Waals surface area (Å²) in [5, 5.41) is 0. The topological polar surface area (TPSA) is 76.7 Å². The summed E-state index contributed by atoms with van der Waals surface area (Å²) in [6.07, 6.45) is 0.167. The molecule has 0 atom stereocenters. The van der Waals surface area contributed by atoms with Crippen LogP contribution in [0.15, 0.2) is 30.3 Å². The second-order valence-corrected chi connectivity index (χ2v) is 5.82. The molecule has 22 heavy (non-hydrogen) atoms. The standard InChI is InChI=1S/C16H24N2O4/c1-16(2,3)22-15(20)18-17-14(19)10-7-11-21-12-13-8-5-4-6-9-13/h4-6,8-9H,7,10-12H2,1-3H3,(H,17,19)(H,18,20). The summed E-state index contributed by atoms with van der Waals surface area (Å²) >= 11 is 0. The number of benzene rings is 1. The van der Waals surface area contributed by atoms with Gasteiger partial charge in [0.15, 0.2) is 0 Å². The Labute approximate surface area is 131 Å². The fourth-order valence-corrected chi connectivity index (χ4v) is 1.59. The number of carbonyl (C=O) groups is 2. The van der Waals surface area contributed by atoms with Gasteiger partial charge in [-0.05, 0) is 32.8 Å². The van der Waals surface area contributed by atoms with E-state index in [0.29, 0.717) is 19.6 Å². The fourth-order valence-electron chi connectivity index (χ4n) is 1.59. The molecule has 0 radical (unpaired) electrons. The fraction of sp³-hybridized carbons (Fsp3) is 0.500. The molecule has 0 saturated carbocycles. The van der Waals surface area contributed by atoms with Gasteiger partial charge >= 0.3 is 6.09 Å². The van der Waals surface area contributed by atoms with E-state index in [1.807, 2.05) is 30.3 Å². The molecule has 0 saturated heterocycles. The Morgan fingerprint density at radius 1 is 1.09 bits per heavy atom. The lowest BCUT2D eigenvalue weighted by Crippen LogP contribution is -2.44. The summed E-state index contributed by atoms with van der Waals surface area (Å²) < 4.78 is 10.5. The Kier molecular flexibility index (Phi) is 7.39. The SMILES string of the molecule is CC(C)(C)OC(=O)NNC(=O)CCCOCc1ccccc1. The maximum Gasteiger partial charge on any atom is 0.426 e. The van der Waals surface area contributed by atoms with Crippen molar-refractivity contribution in [2.24, 2.45) is 0 Å². The van der Waals surface area contributed by atoms with Crippen molar-refractivity contribution in [2.75, 3.05) is 6.61 Å². The molecule has 0 aliphatic carbocycles. The minimum atomic E-state index is -0.679. The van der Waals surface area contributed by atoms with Gasteiger partial charge in [0, 0.05) is 13.0 Å². The van der Waals surface area contributed by atoms with Gasteiger partial charge in [-0.2, -0.15) is 0 Å². The molecule has 2 amide bonds. The summed E-state index contributed by atoms with van der Waals surface area (Å²) in [4.78, 5) is 22.8. The number of hydrogen-bond donors (Lipinski definition) is 2. The van der Waals surface area contributed by atoms with Gasteiger partial charge in [-0.15, -0.1) is 0 Å². The second-order valence-electron chi connectivity index (χ2n) is 5.82. The van der Waals surface area contributed by atoms with Gasteiger partial charge in [0.05, 0.1) is 6.61 Å². The quantitative estimate of drug-likeness (QED) is 0.625. The minimum Gasteiger partial charge on any atom is -0.443 e. The normalized spacial score (nSPS) is 10.9. The van der Waals surface area contributed by atoms with Crippen LogP contribution >= 0.6 is 0 Å². The van der Waals surface area contributed by atoms with Gasteiger partial charge in [0.1, 0.15) is 5.60 Å². The number of amides is 2. The van der Waals surface area contributed by atoms with Gasteiger partial charge in [-0.3, -0.25) is 10.2 Å². The molecule has 0 spiro atoms. The van der Waals surface area contributed by atoms with Crippen molar-refractivity contribution in [1.29, 1.82) is 0 Å². The van der Waals surface area contributed by atoms with Crippen LogP contribution in [0.3, 0.4) is 0 Å². The largest absolute Gasteiger partial charge is 0.443 e. The van der Waals surface area contributed by atoms with E-state index in [1.165, 1.54) is 0 Å². The van der Waals surface area contributed by atoms with E-state index in [1.54, 1.807) is 20.8 Å². The third-order valence-electron chi connectivity index (χ3n) is 2.51. The monoisotopic (exact) mass is 308 g/mol. The third-order valence-corrected chi connectivity index (χ3v) is 2.51. The molecule has 0 aliphatic heterocycles. The third kappa shape index (κ3) is 8.97. The molecule has 0 aliphatic rings. The Morgan fingerprint density at radius 3 is 2.41 bits per heavy atom. The van der Waals surface area contributed by atoms with Crippen molar-refractivity contribution in [2.45, 2.75) is 45.8 Å². The van der Waals surface area contributed by atoms with Crippen LogP contribution in [0.1, 0.15) is 39.2 Å². The Hall–Kier alpha value is -2.08. The zero-order chi connectivity index (χ0) is 16.4. The van der Waals surface area contributed by atoms with Gasteiger partial charge in [-0.1, -0.05) is 30.3 Å². The first-order valence-corrected chi connectivity index (χ1v) is 7.26. The zero-order valence-electron chi connectivity index (χ0n) is 13.3. The van der Waals surface area contributed by atoms with Crippen LogP contribution in [0, 0.1) is 0 Å². The number of ether oxygens (including phenoxy) is 2. The van der Waals surface area contributed by atoms with Crippen LogP contribution in [0.5, 0.6) is 0 Å². The summed E-state index contributed by atoms with van der Waals surface area (Å²) in [7, 11) is 0. The average molecular weight is 308 g/mol. The summed E-state index contributed by atoms with van der Waals surface area (Å²) in [5.74, 6) is -0.283. The molecule has 0 unspecified atom stereocenters. The molecule has 1 aromatic carbocycles. The highest BCUT2D eigenvalue weighted by Crippen LogP contribution is 2.06. The Balaban J connectivity index is 2.05. The van der Waals surface area contributed by atoms with E-state index in [4.69, 9.17) is 9.47 Å². The molecular formula is C16H24N2O4. The van der Waals surface area contributed by atoms with Crippen LogP contribution < -0.4 is 10.9 Å². The predicted octanol–water partition coefficient (Wildman–Crippen LogP) is 2.54. The van der Waals surface area contributed by atoms with Crippen LogP contribution in [-0.2, 0) is 20.9 Å². The van der Waals surface area contributed by atoms with Crippen molar-refractivity contribution in [3.63, 3.8) is 0 Å². The Bertz CT molecular complexity index is 469. The molecule has 0 heterocycles. The maximum atomic E-state index is 11.5. The van der Waals surface area contributed by atoms with Crippen LogP contribution in [-0.4, -0.2) is 24.2 Å². The van der Waals surface area contributed by atoms with E-state index >= 15 is 0 Å². The second kappa shape index (κ2) is 9.04. The van der Waals surface area contributed by atoms with Crippen LogP contribution in [0.2, 0.25) is 0 Å². The highest BCUT2D eigenvalue weighted by molar-refractivity contribution is 5.79. The number of nitrogens with one attached hydrogen (secondary N) is 2. The molecular weight excluding hydrogens is 284 g/mol. The average Bonchev–Trinajstić information content (AvgIpc) is 2.44.